The topological polar surface area (TPSA) is 35.2 Å². The summed E-state index contributed by atoms with van der Waals surface area (Å²) in [5.41, 5.74) is 9.74. The Hall–Kier alpha value is -1.80. The number of hydrogen-bond donors (Lipinski definition) is 1. The Balaban J connectivity index is 1.95. The van der Waals surface area contributed by atoms with Crippen molar-refractivity contribution in [3.63, 3.8) is 0 Å². The molecule has 1 atom stereocenters. The molecule has 0 amide bonds. The van der Waals surface area contributed by atoms with Crippen LogP contribution in [0.4, 0.5) is 0 Å². The predicted molar refractivity (Wildman–Crippen MR) is 84.3 cm³/mol. The molecule has 106 valence electrons. The van der Waals surface area contributed by atoms with Gasteiger partial charge in [0.25, 0.3) is 0 Å². The summed E-state index contributed by atoms with van der Waals surface area (Å²) in [6, 6.07) is 16.6. The van der Waals surface area contributed by atoms with Crippen molar-refractivity contribution in [2.24, 2.45) is 5.73 Å². The van der Waals surface area contributed by atoms with Crippen molar-refractivity contribution in [2.45, 2.75) is 26.2 Å². The van der Waals surface area contributed by atoms with Gasteiger partial charge in [-0.05, 0) is 55.5 Å². The Morgan fingerprint density at radius 2 is 1.60 bits per heavy atom. The summed E-state index contributed by atoms with van der Waals surface area (Å²) in [7, 11) is 0. The summed E-state index contributed by atoms with van der Waals surface area (Å²) < 4.78 is 5.87. The van der Waals surface area contributed by atoms with E-state index in [0.29, 0.717) is 19.1 Å². The van der Waals surface area contributed by atoms with Crippen LogP contribution in [0.25, 0.3) is 0 Å². The van der Waals surface area contributed by atoms with E-state index >= 15 is 0 Å². The van der Waals surface area contributed by atoms with Crippen molar-refractivity contribution >= 4 is 0 Å². The third-order valence-corrected chi connectivity index (χ3v) is 3.73. The molecule has 0 aromatic heterocycles. The van der Waals surface area contributed by atoms with E-state index in [0.717, 1.165) is 12.2 Å². The number of para-hydroxylation sites is 1. The molecule has 0 heterocycles. The average molecular weight is 269 g/mol. The highest BCUT2D eigenvalue weighted by Crippen LogP contribution is 2.23. The maximum atomic E-state index is 5.93. The molecule has 2 aromatic carbocycles. The fourth-order valence-electron chi connectivity index (χ4n) is 2.47. The van der Waals surface area contributed by atoms with Gasteiger partial charge >= 0.3 is 0 Å². The molecule has 2 heteroatoms. The van der Waals surface area contributed by atoms with Crippen LogP contribution in [0, 0.1) is 13.8 Å². The third kappa shape index (κ3) is 3.61. The molecule has 0 saturated carbocycles. The Bertz CT molecular complexity index is 551. The molecule has 2 aromatic rings. The Morgan fingerprint density at radius 3 is 2.25 bits per heavy atom. The molecule has 0 radical (unpaired) electrons. The van der Waals surface area contributed by atoms with Crippen LogP contribution in [0.3, 0.4) is 0 Å². The van der Waals surface area contributed by atoms with Crippen LogP contribution in [0.2, 0.25) is 0 Å². The molecule has 2 nitrogen and oxygen atoms in total. The summed E-state index contributed by atoms with van der Waals surface area (Å²) >= 11 is 0. The van der Waals surface area contributed by atoms with E-state index in [1.54, 1.807) is 0 Å². The van der Waals surface area contributed by atoms with Gasteiger partial charge in [-0.25, -0.2) is 0 Å². The SMILES string of the molecule is Cc1ccccc1OCCC(CN)c1ccccc1C. The molecule has 1 unspecified atom stereocenters. The van der Waals surface area contributed by atoms with Crippen molar-refractivity contribution in [3.05, 3.63) is 65.2 Å². The summed E-state index contributed by atoms with van der Waals surface area (Å²) in [6.07, 6.45) is 0.940. The van der Waals surface area contributed by atoms with Crippen LogP contribution < -0.4 is 10.5 Å². The van der Waals surface area contributed by atoms with Gasteiger partial charge in [-0.3, -0.25) is 0 Å². The monoisotopic (exact) mass is 269 g/mol. The second-order valence-corrected chi connectivity index (χ2v) is 5.19. The molecule has 0 bridgehead atoms. The van der Waals surface area contributed by atoms with Crippen LogP contribution in [0.5, 0.6) is 5.75 Å². The zero-order chi connectivity index (χ0) is 14.4. The highest BCUT2D eigenvalue weighted by molar-refractivity contribution is 5.32. The van der Waals surface area contributed by atoms with Gasteiger partial charge in [0, 0.05) is 0 Å². The Labute approximate surface area is 121 Å². The maximum Gasteiger partial charge on any atom is 0.122 e. The molecule has 2 rings (SSSR count). The quantitative estimate of drug-likeness (QED) is 0.865. The zero-order valence-electron chi connectivity index (χ0n) is 12.3. The minimum atomic E-state index is 0.361. The molecule has 0 aliphatic rings. The Morgan fingerprint density at radius 1 is 0.950 bits per heavy atom. The third-order valence-electron chi connectivity index (χ3n) is 3.73. The van der Waals surface area contributed by atoms with Crippen LogP contribution in [-0.2, 0) is 0 Å². The first kappa shape index (κ1) is 14.6. The standard InChI is InChI=1S/C18H23NO/c1-14-7-3-5-9-17(14)16(13-19)11-12-20-18-10-6-4-8-15(18)2/h3-10,16H,11-13,19H2,1-2H3. The largest absolute Gasteiger partial charge is 0.493 e. The first-order chi connectivity index (χ1) is 9.72. The molecular formula is C18H23NO. The maximum absolute atomic E-state index is 5.93. The van der Waals surface area contributed by atoms with Crippen LogP contribution >= 0.6 is 0 Å². The lowest BCUT2D eigenvalue weighted by atomic mass is 9.92. The Kier molecular flexibility index (Phi) is 5.19. The summed E-state index contributed by atoms with van der Waals surface area (Å²) in [4.78, 5) is 0. The summed E-state index contributed by atoms with van der Waals surface area (Å²) in [5.74, 6) is 1.33. The average Bonchev–Trinajstić information content (AvgIpc) is 2.46. The van der Waals surface area contributed by atoms with Crippen molar-refractivity contribution in [1.82, 2.24) is 0 Å². The molecular weight excluding hydrogens is 246 g/mol. The van der Waals surface area contributed by atoms with Crippen LogP contribution in [-0.4, -0.2) is 13.2 Å². The lowest BCUT2D eigenvalue weighted by Gasteiger charge is -2.18. The van der Waals surface area contributed by atoms with Gasteiger partial charge in [0.1, 0.15) is 5.75 Å². The first-order valence-corrected chi connectivity index (χ1v) is 7.16. The summed E-state index contributed by atoms with van der Waals surface area (Å²) in [6.45, 7) is 5.56. The van der Waals surface area contributed by atoms with Gasteiger partial charge in [0.05, 0.1) is 6.61 Å². The number of nitrogens with two attached hydrogens (primary N) is 1. The second-order valence-electron chi connectivity index (χ2n) is 5.19. The van der Waals surface area contributed by atoms with Gasteiger partial charge in [-0.1, -0.05) is 42.5 Å². The highest BCUT2D eigenvalue weighted by Gasteiger charge is 2.12. The molecule has 2 N–H and O–H groups in total. The highest BCUT2D eigenvalue weighted by atomic mass is 16.5. The second kappa shape index (κ2) is 7.11. The lowest BCUT2D eigenvalue weighted by Crippen LogP contribution is -2.16. The van der Waals surface area contributed by atoms with Gasteiger partial charge in [-0.2, -0.15) is 0 Å². The number of benzene rings is 2. The van der Waals surface area contributed by atoms with Gasteiger partial charge in [-0.15, -0.1) is 0 Å². The fourth-order valence-corrected chi connectivity index (χ4v) is 2.47. The van der Waals surface area contributed by atoms with E-state index in [1.807, 2.05) is 18.2 Å². The summed E-state index contributed by atoms with van der Waals surface area (Å²) in [5, 5.41) is 0. The molecule has 0 saturated heterocycles. The predicted octanol–water partition coefficient (Wildman–Crippen LogP) is 3.81. The number of ether oxygens (including phenoxy) is 1. The van der Waals surface area contributed by atoms with Crippen molar-refractivity contribution in [3.8, 4) is 5.75 Å². The van der Waals surface area contributed by atoms with Gasteiger partial charge in [0.15, 0.2) is 0 Å². The van der Waals surface area contributed by atoms with Crippen LogP contribution in [0.15, 0.2) is 48.5 Å². The van der Waals surface area contributed by atoms with Gasteiger partial charge < -0.3 is 10.5 Å². The smallest absolute Gasteiger partial charge is 0.122 e. The van der Waals surface area contributed by atoms with Crippen molar-refractivity contribution in [1.29, 1.82) is 0 Å². The molecule has 0 aliphatic carbocycles. The molecule has 20 heavy (non-hydrogen) atoms. The van der Waals surface area contributed by atoms with Crippen molar-refractivity contribution < 1.29 is 4.74 Å². The number of rotatable bonds is 6. The van der Waals surface area contributed by atoms with E-state index in [1.165, 1.54) is 16.7 Å². The minimum Gasteiger partial charge on any atom is -0.493 e. The van der Waals surface area contributed by atoms with E-state index in [4.69, 9.17) is 10.5 Å². The molecule has 0 fully saturated rings. The first-order valence-electron chi connectivity index (χ1n) is 7.16. The van der Waals surface area contributed by atoms with Crippen molar-refractivity contribution in [2.75, 3.05) is 13.2 Å². The fraction of sp³-hybridized carbons (Fsp3) is 0.333. The normalized spacial score (nSPS) is 12.2. The number of hydrogen-bond acceptors (Lipinski definition) is 2. The van der Waals surface area contributed by atoms with E-state index in [9.17, 15) is 0 Å². The van der Waals surface area contributed by atoms with E-state index < -0.39 is 0 Å². The minimum absolute atomic E-state index is 0.361. The zero-order valence-corrected chi connectivity index (χ0v) is 12.3. The van der Waals surface area contributed by atoms with E-state index in [-0.39, 0.29) is 0 Å². The number of aryl methyl sites for hydroxylation is 2. The lowest BCUT2D eigenvalue weighted by molar-refractivity contribution is 0.296. The van der Waals surface area contributed by atoms with Crippen LogP contribution in [0.1, 0.15) is 29.0 Å². The molecule has 0 aliphatic heterocycles. The van der Waals surface area contributed by atoms with Gasteiger partial charge in [0.2, 0.25) is 0 Å². The van der Waals surface area contributed by atoms with E-state index in [2.05, 4.69) is 44.2 Å². The molecule has 0 spiro atoms.